The number of rotatable bonds is 2. The second-order valence-electron chi connectivity index (χ2n) is 4.74. The molecular formula is C16H10Br2O3. The van der Waals surface area contributed by atoms with Crippen molar-refractivity contribution in [2.45, 2.75) is 6.92 Å². The normalized spacial score (nSPS) is 11.0. The number of phenols is 1. The van der Waals surface area contributed by atoms with Gasteiger partial charge in [0.1, 0.15) is 11.3 Å². The van der Waals surface area contributed by atoms with E-state index in [1.54, 1.807) is 24.3 Å². The molecule has 0 spiro atoms. The van der Waals surface area contributed by atoms with Gasteiger partial charge in [0, 0.05) is 10.9 Å². The topological polar surface area (TPSA) is 50.4 Å². The Bertz CT molecular complexity index is 848. The Hall–Kier alpha value is -1.59. The van der Waals surface area contributed by atoms with Gasteiger partial charge in [-0.25, -0.2) is 0 Å². The molecule has 0 atom stereocenters. The van der Waals surface area contributed by atoms with E-state index in [1.807, 2.05) is 19.1 Å². The predicted octanol–water partition coefficient (Wildman–Crippen LogP) is 5.20. The number of aromatic hydroxyl groups is 1. The fourth-order valence-corrected chi connectivity index (χ4v) is 3.25. The molecule has 0 aliphatic carbocycles. The van der Waals surface area contributed by atoms with Crippen LogP contribution in [0.3, 0.4) is 0 Å². The highest BCUT2D eigenvalue weighted by molar-refractivity contribution is 9.11. The fraction of sp³-hybridized carbons (Fsp3) is 0.0625. The van der Waals surface area contributed by atoms with Crippen molar-refractivity contribution in [1.29, 1.82) is 0 Å². The minimum absolute atomic E-state index is 0.0811. The van der Waals surface area contributed by atoms with E-state index in [9.17, 15) is 9.90 Å². The van der Waals surface area contributed by atoms with Crippen LogP contribution in [0.15, 0.2) is 49.8 Å². The maximum atomic E-state index is 12.4. The molecule has 0 radical (unpaired) electrons. The van der Waals surface area contributed by atoms with Crippen LogP contribution in [0.4, 0.5) is 0 Å². The molecule has 0 saturated carbocycles. The van der Waals surface area contributed by atoms with Crippen LogP contribution in [0, 0.1) is 6.92 Å². The minimum Gasteiger partial charge on any atom is -0.506 e. The maximum absolute atomic E-state index is 12.4. The Kier molecular flexibility index (Phi) is 3.63. The van der Waals surface area contributed by atoms with Crippen LogP contribution in [0.2, 0.25) is 0 Å². The molecule has 0 fully saturated rings. The highest BCUT2D eigenvalue weighted by Gasteiger charge is 2.18. The average molecular weight is 410 g/mol. The summed E-state index contributed by atoms with van der Waals surface area (Å²) in [5.74, 6) is 0.137. The maximum Gasteiger partial charge on any atom is 0.228 e. The van der Waals surface area contributed by atoms with Crippen molar-refractivity contribution in [2.75, 3.05) is 0 Å². The molecule has 5 heteroatoms. The van der Waals surface area contributed by atoms with Crippen molar-refractivity contribution in [3.05, 3.63) is 62.2 Å². The van der Waals surface area contributed by atoms with Crippen molar-refractivity contribution in [1.82, 2.24) is 0 Å². The Balaban J connectivity index is 2.11. The standard InChI is InChI=1S/C16H10Br2O3/c1-8-2-4-9(5-3-8)15(19)13-6-10-12(21-13)7-11(17)16(20)14(10)18/h2-7,20H,1H3. The van der Waals surface area contributed by atoms with Gasteiger partial charge in [0.15, 0.2) is 5.76 Å². The van der Waals surface area contributed by atoms with Gasteiger partial charge in [-0.1, -0.05) is 29.8 Å². The van der Waals surface area contributed by atoms with E-state index in [2.05, 4.69) is 31.9 Å². The van der Waals surface area contributed by atoms with Crippen molar-refractivity contribution in [3.8, 4) is 5.75 Å². The molecule has 21 heavy (non-hydrogen) atoms. The lowest BCUT2D eigenvalue weighted by atomic mass is 10.1. The predicted molar refractivity (Wildman–Crippen MR) is 87.9 cm³/mol. The van der Waals surface area contributed by atoms with E-state index in [0.29, 0.717) is 25.5 Å². The van der Waals surface area contributed by atoms with Crippen LogP contribution in [0.25, 0.3) is 11.0 Å². The quantitative estimate of drug-likeness (QED) is 0.591. The Morgan fingerprint density at radius 1 is 1.14 bits per heavy atom. The summed E-state index contributed by atoms with van der Waals surface area (Å²) in [5.41, 5.74) is 2.19. The minimum atomic E-state index is -0.186. The van der Waals surface area contributed by atoms with Gasteiger partial charge in [-0.15, -0.1) is 0 Å². The molecule has 0 amide bonds. The third-order valence-electron chi connectivity index (χ3n) is 3.23. The zero-order valence-corrected chi connectivity index (χ0v) is 14.2. The van der Waals surface area contributed by atoms with Crippen molar-refractivity contribution in [2.24, 2.45) is 0 Å². The number of hydrogen-bond donors (Lipinski definition) is 1. The van der Waals surface area contributed by atoms with Crippen LogP contribution in [-0.4, -0.2) is 10.9 Å². The zero-order valence-electron chi connectivity index (χ0n) is 11.0. The number of halogens is 2. The van der Waals surface area contributed by atoms with E-state index in [1.165, 1.54) is 0 Å². The summed E-state index contributed by atoms with van der Waals surface area (Å²) in [6.45, 7) is 1.97. The van der Waals surface area contributed by atoms with E-state index in [4.69, 9.17) is 4.42 Å². The zero-order chi connectivity index (χ0) is 15.1. The first-order valence-electron chi connectivity index (χ1n) is 6.19. The molecule has 1 N–H and O–H groups in total. The van der Waals surface area contributed by atoms with Gasteiger partial charge >= 0.3 is 0 Å². The van der Waals surface area contributed by atoms with Crippen LogP contribution in [-0.2, 0) is 0 Å². The molecule has 2 aromatic carbocycles. The molecular weight excluding hydrogens is 400 g/mol. The summed E-state index contributed by atoms with van der Waals surface area (Å²) < 4.78 is 6.61. The average Bonchev–Trinajstić information content (AvgIpc) is 2.89. The lowest BCUT2D eigenvalue weighted by molar-refractivity contribution is 0.101. The smallest absolute Gasteiger partial charge is 0.228 e. The van der Waals surface area contributed by atoms with E-state index in [0.717, 1.165) is 5.56 Å². The molecule has 1 aromatic heterocycles. The number of phenolic OH excluding ortho intramolecular Hbond substituents is 1. The van der Waals surface area contributed by atoms with Crippen LogP contribution < -0.4 is 0 Å². The van der Waals surface area contributed by atoms with Gasteiger partial charge in [-0.05, 0) is 50.9 Å². The van der Waals surface area contributed by atoms with Gasteiger partial charge in [0.25, 0.3) is 0 Å². The second kappa shape index (κ2) is 5.31. The molecule has 0 aliphatic rings. The van der Waals surface area contributed by atoms with Crippen LogP contribution in [0.1, 0.15) is 21.7 Å². The summed E-state index contributed by atoms with van der Waals surface area (Å²) in [4.78, 5) is 12.4. The first-order chi connectivity index (χ1) is 9.97. The number of fused-ring (bicyclic) bond motifs is 1. The molecule has 3 nitrogen and oxygen atoms in total. The first-order valence-corrected chi connectivity index (χ1v) is 7.78. The lowest BCUT2D eigenvalue weighted by Crippen LogP contribution is -1.98. The fourth-order valence-electron chi connectivity index (χ4n) is 2.06. The summed E-state index contributed by atoms with van der Waals surface area (Å²) >= 11 is 6.55. The van der Waals surface area contributed by atoms with Crippen molar-refractivity contribution < 1.29 is 14.3 Å². The third-order valence-corrected chi connectivity index (χ3v) is 4.63. The second-order valence-corrected chi connectivity index (χ2v) is 6.39. The number of benzene rings is 2. The molecule has 0 unspecified atom stereocenters. The number of furan rings is 1. The summed E-state index contributed by atoms with van der Waals surface area (Å²) in [6, 6.07) is 10.6. The first kappa shape index (κ1) is 14.4. The number of carbonyl (C=O) groups is 1. The van der Waals surface area contributed by atoms with Gasteiger partial charge in [0.2, 0.25) is 5.78 Å². The molecule has 1 heterocycles. The summed E-state index contributed by atoms with van der Waals surface area (Å²) in [5, 5.41) is 10.5. The van der Waals surface area contributed by atoms with Gasteiger partial charge < -0.3 is 9.52 Å². The molecule has 3 aromatic rings. The van der Waals surface area contributed by atoms with Gasteiger partial charge in [0.05, 0.1) is 8.95 Å². The molecule has 0 bridgehead atoms. The monoisotopic (exact) mass is 408 g/mol. The van der Waals surface area contributed by atoms with Gasteiger partial charge in [-0.2, -0.15) is 0 Å². The number of carbonyl (C=O) groups excluding carboxylic acids is 1. The highest BCUT2D eigenvalue weighted by atomic mass is 79.9. The van der Waals surface area contributed by atoms with Crippen molar-refractivity contribution in [3.63, 3.8) is 0 Å². The highest BCUT2D eigenvalue weighted by Crippen LogP contribution is 2.40. The number of hydrogen-bond acceptors (Lipinski definition) is 3. The number of aryl methyl sites for hydroxylation is 1. The Labute approximate surface area is 137 Å². The summed E-state index contributed by atoms with van der Waals surface area (Å²) in [7, 11) is 0. The van der Waals surface area contributed by atoms with Crippen LogP contribution >= 0.6 is 31.9 Å². The van der Waals surface area contributed by atoms with Crippen LogP contribution in [0.5, 0.6) is 5.75 Å². The molecule has 3 rings (SSSR count). The Morgan fingerprint density at radius 3 is 2.48 bits per heavy atom. The largest absolute Gasteiger partial charge is 0.506 e. The molecule has 0 saturated heterocycles. The summed E-state index contributed by atoms with van der Waals surface area (Å²) in [6.07, 6.45) is 0. The van der Waals surface area contributed by atoms with E-state index in [-0.39, 0.29) is 17.3 Å². The Morgan fingerprint density at radius 2 is 1.81 bits per heavy atom. The number of ketones is 1. The van der Waals surface area contributed by atoms with E-state index < -0.39 is 0 Å². The SMILES string of the molecule is Cc1ccc(C(=O)c2cc3c(Br)c(O)c(Br)cc3o2)cc1. The van der Waals surface area contributed by atoms with E-state index >= 15 is 0 Å². The molecule has 0 aliphatic heterocycles. The molecule has 106 valence electrons. The lowest BCUT2D eigenvalue weighted by Gasteiger charge is -1.99. The van der Waals surface area contributed by atoms with Crippen molar-refractivity contribution >= 4 is 48.6 Å². The third kappa shape index (κ3) is 2.51. The van der Waals surface area contributed by atoms with Gasteiger partial charge in [-0.3, -0.25) is 4.79 Å².